The van der Waals surface area contributed by atoms with Crippen LogP contribution >= 0.6 is 0 Å². The molecular formula is C38H53N2O6-. The smallest absolute Gasteiger partial charge is 0.302 e. The van der Waals surface area contributed by atoms with Crippen LogP contribution in [0.25, 0.3) is 0 Å². The molecule has 6 rings (SSSR count). The molecule has 1 aromatic carbocycles. The lowest BCUT2D eigenvalue weighted by molar-refractivity contribution is -0.210. The summed E-state index contributed by atoms with van der Waals surface area (Å²) in [5, 5.41) is 23.3. The van der Waals surface area contributed by atoms with Crippen LogP contribution in [0, 0.1) is 55.5 Å². The monoisotopic (exact) mass is 633 g/mol. The average molecular weight is 634 g/mol. The number of rotatable bonds is 4. The van der Waals surface area contributed by atoms with Gasteiger partial charge in [0.25, 0.3) is 0 Å². The number of benzene rings is 1. The van der Waals surface area contributed by atoms with E-state index in [4.69, 9.17) is 4.74 Å². The lowest BCUT2D eigenvalue weighted by Gasteiger charge is -2.70. The fourth-order valence-corrected chi connectivity index (χ4v) is 11.7. The predicted molar refractivity (Wildman–Crippen MR) is 178 cm³/mol. The van der Waals surface area contributed by atoms with E-state index in [-0.39, 0.29) is 79.5 Å². The third kappa shape index (κ3) is 4.71. The topological polar surface area (TPSA) is 119 Å². The molecule has 0 unspecified atom stereocenters. The van der Waals surface area contributed by atoms with E-state index in [1.807, 2.05) is 6.08 Å². The van der Waals surface area contributed by atoms with Crippen molar-refractivity contribution >= 4 is 29.0 Å². The number of hydrogen-bond donors (Lipinski definition) is 2. The molecule has 252 valence electrons. The first-order valence-electron chi connectivity index (χ1n) is 17.3. The second-order valence-electron chi connectivity index (χ2n) is 17.5. The van der Waals surface area contributed by atoms with E-state index in [1.165, 1.54) is 24.6 Å². The molecule has 8 nitrogen and oxygen atoms in total. The lowest BCUT2D eigenvalue weighted by Crippen LogP contribution is -2.66. The summed E-state index contributed by atoms with van der Waals surface area (Å²) in [6.45, 7) is 17.6. The van der Waals surface area contributed by atoms with Gasteiger partial charge in [-0.2, -0.15) is 0 Å². The van der Waals surface area contributed by atoms with E-state index in [9.17, 15) is 24.8 Å². The molecule has 5 aliphatic rings. The van der Waals surface area contributed by atoms with Crippen LogP contribution in [-0.2, 0) is 19.1 Å². The van der Waals surface area contributed by atoms with Crippen molar-refractivity contribution in [1.29, 1.82) is 0 Å². The van der Waals surface area contributed by atoms with Crippen molar-refractivity contribution in [2.45, 2.75) is 119 Å². The van der Waals surface area contributed by atoms with Crippen molar-refractivity contribution in [2.24, 2.45) is 50.2 Å². The number of hydrogen-bond acceptors (Lipinski definition) is 7. The number of nitrogens with zero attached hydrogens (tertiary/aromatic N) is 1. The number of ketones is 1. The molecule has 0 aliphatic heterocycles. The van der Waals surface area contributed by atoms with Gasteiger partial charge in [-0.15, -0.1) is 0 Å². The number of nitrogens with one attached hydrogen (secondary N) is 1. The van der Waals surface area contributed by atoms with Crippen molar-refractivity contribution in [1.82, 2.24) is 0 Å². The SMILES string of the molecule is CC(=O)O[C@H]1CC[C@@]2(C)[C@H](CC[C@]3(C)[C@@H]2C(=O)C=C2[C@H]4C[C@@](C)(C(=O)Nc5ccc(N([O-])O)cc5)CC[C@]4(C)CC[C@@]23C)C1(C)C. The fourth-order valence-electron chi connectivity index (χ4n) is 11.7. The largest absolute Gasteiger partial charge is 0.733 e. The lowest BCUT2D eigenvalue weighted by atomic mass is 9.33. The van der Waals surface area contributed by atoms with Gasteiger partial charge in [-0.25, -0.2) is 0 Å². The van der Waals surface area contributed by atoms with Crippen LogP contribution in [0.4, 0.5) is 11.4 Å². The van der Waals surface area contributed by atoms with Crippen LogP contribution < -0.4 is 10.5 Å². The van der Waals surface area contributed by atoms with Gasteiger partial charge in [0.1, 0.15) is 6.10 Å². The summed E-state index contributed by atoms with van der Waals surface area (Å²) in [7, 11) is 0. The minimum atomic E-state index is -0.618. The van der Waals surface area contributed by atoms with Gasteiger partial charge in [0.15, 0.2) is 5.78 Å². The van der Waals surface area contributed by atoms with Gasteiger partial charge in [0, 0.05) is 29.4 Å². The zero-order valence-electron chi connectivity index (χ0n) is 29.0. The Hall–Kier alpha value is -2.71. The summed E-state index contributed by atoms with van der Waals surface area (Å²) >= 11 is 0. The Morgan fingerprint density at radius 3 is 2.22 bits per heavy atom. The molecule has 4 fully saturated rings. The summed E-state index contributed by atoms with van der Waals surface area (Å²) in [6.07, 6.45) is 10.0. The Kier molecular flexibility index (Phi) is 7.68. The second-order valence-corrected chi connectivity index (χ2v) is 17.5. The minimum Gasteiger partial charge on any atom is -0.733 e. The molecule has 1 aromatic rings. The minimum absolute atomic E-state index is 0.0279. The number of esters is 1. The highest BCUT2D eigenvalue weighted by Crippen LogP contribution is 2.75. The van der Waals surface area contributed by atoms with Crippen molar-refractivity contribution in [3.8, 4) is 0 Å². The quantitative estimate of drug-likeness (QED) is 0.253. The highest BCUT2D eigenvalue weighted by Gasteiger charge is 2.70. The highest BCUT2D eigenvalue weighted by atomic mass is 16.8. The highest BCUT2D eigenvalue weighted by molar-refractivity contribution is 5.97. The Labute approximate surface area is 274 Å². The van der Waals surface area contributed by atoms with Gasteiger partial charge in [-0.3, -0.25) is 19.6 Å². The number of carbonyl (C=O) groups excluding carboxylic acids is 3. The van der Waals surface area contributed by atoms with E-state index in [0.717, 1.165) is 51.4 Å². The summed E-state index contributed by atoms with van der Waals surface area (Å²) in [5.41, 5.74) is 0.591. The molecule has 46 heavy (non-hydrogen) atoms. The molecule has 4 saturated carbocycles. The molecule has 1 amide bonds. The summed E-state index contributed by atoms with van der Waals surface area (Å²) < 4.78 is 5.86. The standard InChI is InChI=1S/C38H53N2O6/c1-23(41)46-30-14-15-36(6)29(33(30,2)3)13-16-38(8)31(36)28(42)21-26-27-22-35(5,18-17-34(27,4)19-20-37(26,38)7)32(43)39-24-9-11-25(12-10-24)40(44)45/h9-12,21,27,29-31,44H,13-20,22H2,1-8H3,(H,39,43)/q-1/t27-,29-,30+,31-,34-,35+,36+,37+,38-/m1/s1. The number of anilines is 2. The Morgan fingerprint density at radius 2 is 1.59 bits per heavy atom. The van der Waals surface area contributed by atoms with E-state index >= 15 is 0 Å². The number of carbonyl (C=O) groups is 3. The van der Waals surface area contributed by atoms with E-state index < -0.39 is 5.41 Å². The average Bonchev–Trinajstić information content (AvgIpc) is 2.96. The van der Waals surface area contributed by atoms with Crippen LogP contribution in [0.2, 0.25) is 0 Å². The first-order chi connectivity index (χ1) is 21.3. The molecule has 0 spiro atoms. The van der Waals surface area contributed by atoms with Crippen LogP contribution in [-0.4, -0.2) is 29.0 Å². The predicted octanol–water partition coefficient (Wildman–Crippen LogP) is 8.23. The Morgan fingerprint density at radius 1 is 0.935 bits per heavy atom. The zero-order chi connectivity index (χ0) is 33.7. The number of ether oxygens (including phenoxy) is 1. The second kappa shape index (κ2) is 10.6. The van der Waals surface area contributed by atoms with Crippen molar-refractivity contribution in [3.05, 3.63) is 41.1 Å². The van der Waals surface area contributed by atoms with Crippen molar-refractivity contribution in [2.75, 3.05) is 10.5 Å². The fraction of sp³-hybridized carbons (Fsp3) is 0.711. The van der Waals surface area contributed by atoms with Crippen molar-refractivity contribution in [3.63, 3.8) is 0 Å². The van der Waals surface area contributed by atoms with E-state index in [1.54, 1.807) is 12.1 Å². The summed E-state index contributed by atoms with van der Waals surface area (Å²) in [4.78, 5) is 40.5. The molecular weight excluding hydrogens is 580 g/mol. The summed E-state index contributed by atoms with van der Waals surface area (Å²) in [6, 6.07) is 6.21. The third-order valence-electron chi connectivity index (χ3n) is 14.7. The molecule has 5 aliphatic carbocycles. The zero-order valence-corrected chi connectivity index (χ0v) is 29.0. The molecule has 8 heteroatoms. The molecule has 0 bridgehead atoms. The van der Waals surface area contributed by atoms with E-state index in [0.29, 0.717) is 12.1 Å². The van der Waals surface area contributed by atoms with Gasteiger partial charge in [-0.1, -0.05) is 54.0 Å². The number of fused-ring (bicyclic) bond motifs is 7. The Balaban J connectivity index is 1.32. The van der Waals surface area contributed by atoms with Crippen LogP contribution in [0.5, 0.6) is 0 Å². The first-order valence-corrected chi connectivity index (χ1v) is 17.3. The molecule has 2 N–H and O–H groups in total. The maximum Gasteiger partial charge on any atom is 0.302 e. The number of allylic oxidation sites excluding steroid dienone is 2. The van der Waals surface area contributed by atoms with Gasteiger partial charge in [-0.05, 0) is 122 Å². The molecule has 0 aromatic heterocycles. The van der Waals surface area contributed by atoms with Gasteiger partial charge >= 0.3 is 5.97 Å². The number of amides is 1. The maximum atomic E-state index is 14.7. The van der Waals surface area contributed by atoms with Crippen molar-refractivity contribution < 1.29 is 24.3 Å². The molecule has 0 saturated heterocycles. The van der Waals surface area contributed by atoms with Gasteiger partial charge < -0.3 is 20.5 Å². The molecule has 0 heterocycles. The maximum absolute atomic E-state index is 14.7. The Bertz CT molecular complexity index is 1470. The normalized spacial score (nSPS) is 42.7. The van der Waals surface area contributed by atoms with Crippen LogP contribution in [0.3, 0.4) is 0 Å². The van der Waals surface area contributed by atoms with Gasteiger partial charge in [0.05, 0.1) is 5.69 Å². The third-order valence-corrected chi connectivity index (χ3v) is 14.7. The van der Waals surface area contributed by atoms with Crippen LogP contribution in [0.15, 0.2) is 35.9 Å². The van der Waals surface area contributed by atoms with Gasteiger partial charge in [0.2, 0.25) is 5.91 Å². The van der Waals surface area contributed by atoms with Crippen LogP contribution in [0.1, 0.15) is 113 Å². The van der Waals surface area contributed by atoms with E-state index in [2.05, 4.69) is 53.8 Å². The molecule has 0 radical (unpaired) electrons. The summed E-state index contributed by atoms with van der Waals surface area (Å²) in [5.74, 6) is 0.275. The molecule has 9 atom stereocenters. The first kappa shape index (κ1) is 33.2.